The summed E-state index contributed by atoms with van der Waals surface area (Å²) in [6.45, 7) is 5.66. The Balaban J connectivity index is 2.23. The molecule has 1 N–H and O–H groups in total. The number of carboxylic acid groups (broad SMARTS) is 1. The van der Waals surface area contributed by atoms with E-state index < -0.39 is 17.7 Å². The number of amides is 1. The molecule has 2 heterocycles. The molecule has 0 spiro atoms. The van der Waals surface area contributed by atoms with Gasteiger partial charge in [0, 0.05) is 24.2 Å². The summed E-state index contributed by atoms with van der Waals surface area (Å²) in [7, 11) is 0. The summed E-state index contributed by atoms with van der Waals surface area (Å²) < 4.78 is 6.64. The molecule has 0 aromatic carbocycles. The maximum atomic E-state index is 12.1. The van der Waals surface area contributed by atoms with Gasteiger partial charge in [-0.2, -0.15) is 10.4 Å². The predicted octanol–water partition coefficient (Wildman–Crippen LogP) is 1.13. The van der Waals surface area contributed by atoms with Gasteiger partial charge in [-0.1, -0.05) is 0 Å². The van der Waals surface area contributed by atoms with Crippen molar-refractivity contribution in [3.8, 4) is 6.07 Å². The van der Waals surface area contributed by atoms with E-state index in [1.165, 1.54) is 9.58 Å². The molecule has 0 radical (unpaired) electrons. The standard InChI is InChI=1S/C14H18N4O4/c1-14(2,3)22-13(21)17-5-4-11-9(7-17)10(6-15)16-18(11)8-12(19)20/h4-5,7-8H2,1-3H3,(H,19,20). The third-order valence-corrected chi connectivity index (χ3v) is 3.18. The summed E-state index contributed by atoms with van der Waals surface area (Å²) in [5, 5.41) is 22.0. The molecule has 0 aliphatic carbocycles. The smallest absolute Gasteiger partial charge is 0.410 e. The molecule has 0 fully saturated rings. The molecule has 2 rings (SSSR count). The van der Waals surface area contributed by atoms with E-state index in [2.05, 4.69) is 5.10 Å². The van der Waals surface area contributed by atoms with Gasteiger partial charge in [0.1, 0.15) is 18.2 Å². The maximum absolute atomic E-state index is 12.1. The fourth-order valence-electron chi connectivity index (χ4n) is 2.32. The largest absolute Gasteiger partial charge is 0.480 e. The van der Waals surface area contributed by atoms with Crippen molar-refractivity contribution in [3.05, 3.63) is 17.0 Å². The first-order valence-corrected chi connectivity index (χ1v) is 6.89. The van der Waals surface area contributed by atoms with Crippen molar-refractivity contribution in [1.29, 1.82) is 5.26 Å². The number of hydrogen-bond acceptors (Lipinski definition) is 5. The van der Waals surface area contributed by atoms with E-state index in [-0.39, 0.29) is 18.8 Å². The van der Waals surface area contributed by atoms with Crippen molar-refractivity contribution in [2.45, 2.75) is 45.9 Å². The van der Waals surface area contributed by atoms with E-state index in [1.807, 2.05) is 6.07 Å². The molecule has 1 aliphatic rings. The number of nitriles is 1. The third kappa shape index (κ3) is 3.36. The van der Waals surface area contributed by atoms with Gasteiger partial charge in [0.15, 0.2) is 5.69 Å². The Kier molecular flexibility index (Phi) is 4.08. The Bertz CT molecular complexity index is 651. The molecule has 0 atom stereocenters. The minimum Gasteiger partial charge on any atom is -0.480 e. The molecule has 1 aliphatic heterocycles. The first-order chi connectivity index (χ1) is 10.2. The van der Waals surface area contributed by atoms with E-state index in [4.69, 9.17) is 15.1 Å². The molecule has 1 aromatic rings. The fourth-order valence-corrected chi connectivity index (χ4v) is 2.32. The minimum atomic E-state index is -1.02. The van der Waals surface area contributed by atoms with Gasteiger partial charge >= 0.3 is 12.1 Å². The maximum Gasteiger partial charge on any atom is 0.410 e. The van der Waals surface area contributed by atoms with Crippen LogP contribution in [0.1, 0.15) is 37.7 Å². The highest BCUT2D eigenvalue weighted by Crippen LogP contribution is 2.24. The van der Waals surface area contributed by atoms with Gasteiger partial charge in [-0.05, 0) is 20.8 Å². The quantitative estimate of drug-likeness (QED) is 0.877. The average molecular weight is 306 g/mol. The van der Waals surface area contributed by atoms with Crippen LogP contribution in [-0.2, 0) is 29.0 Å². The van der Waals surface area contributed by atoms with Gasteiger partial charge in [-0.25, -0.2) is 4.79 Å². The lowest BCUT2D eigenvalue weighted by atomic mass is 10.1. The summed E-state index contributed by atoms with van der Waals surface area (Å²) in [5.74, 6) is -1.02. The van der Waals surface area contributed by atoms with Crippen LogP contribution in [0.4, 0.5) is 4.79 Å². The van der Waals surface area contributed by atoms with Crippen molar-refractivity contribution >= 4 is 12.1 Å². The van der Waals surface area contributed by atoms with Crippen LogP contribution in [0.2, 0.25) is 0 Å². The summed E-state index contributed by atoms with van der Waals surface area (Å²) in [5.41, 5.74) is 0.854. The Morgan fingerprint density at radius 2 is 2.14 bits per heavy atom. The van der Waals surface area contributed by atoms with Crippen molar-refractivity contribution in [3.63, 3.8) is 0 Å². The lowest BCUT2D eigenvalue weighted by Crippen LogP contribution is -2.40. The lowest BCUT2D eigenvalue weighted by molar-refractivity contribution is -0.137. The van der Waals surface area contributed by atoms with Crippen LogP contribution in [-0.4, -0.2) is 44.0 Å². The van der Waals surface area contributed by atoms with Crippen LogP contribution in [0.5, 0.6) is 0 Å². The van der Waals surface area contributed by atoms with Gasteiger partial charge in [-0.3, -0.25) is 9.48 Å². The Hall–Kier alpha value is -2.56. The summed E-state index contributed by atoms with van der Waals surface area (Å²) in [6, 6.07) is 1.95. The molecular formula is C14H18N4O4. The monoisotopic (exact) mass is 306 g/mol. The number of hydrogen-bond donors (Lipinski definition) is 1. The second-order valence-electron chi connectivity index (χ2n) is 6.09. The van der Waals surface area contributed by atoms with Gasteiger partial charge < -0.3 is 14.7 Å². The lowest BCUT2D eigenvalue weighted by Gasteiger charge is -2.30. The fraction of sp³-hybridized carbons (Fsp3) is 0.571. The molecule has 0 saturated carbocycles. The summed E-state index contributed by atoms with van der Waals surface area (Å²) in [4.78, 5) is 24.5. The topological polar surface area (TPSA) is 108 Å². The number of carbonyl (C=O) groups is 2. The number of ether oxygens (including phenoxy) is 1. The molecule has 22 heavy (non-hydrogen) atoms. The summed E-state index contributed by atoms with van der Waals surface area (Å²) in [6.07, 6.45) is -0.00990. The van der Waals surface area contributed by atoms with Crippen LogP contribution in [0, 0.1) is 11.3 Å². The Morgan fingerprint density at radius 1 is 1.45 bits per heavy atom. The highest BCUT2D eigenvalue weighted by molar-refractivity contribution is 5.69. The molecule has 1 aromatic heterocycles. The number of rotatable bonds is 2. The van der Waals surface area contributed by atoms with Crippen molar-refractivity contribution in [1.82, 2.24) is 14.7 Å². The van der Waals surface area contributed by atoms with Gasteiger partial charge in [0.2, 0.25) is 0 Å². The van der Waals surface area contributed by atoms with Crippen molar-refractivity contribution < 1.29 is 19.4 Å². The highest BCUT2D eigenvalue weighted by atomic mass is 16.6. The highest BCUT2D eigenvalue weighted by Gasteiger charge is 2.30. The van der Waals surface area contributed by atoms with Crippen LogP contribution in [0.15, 0.2) is 0 Å². The van der Waals surface area contributed by atoms with Crippen LogP contribution in [0.25, 0.3) is 0 Å². The second-order valence-corrected chi connectivity index (χ2v) is 6.09. The summed E-state index contributed by atoms with van der Waals surface area (Å²) >= 11 is 0. The average Bonchev–Trinajstić information content (AvgIpc) is 2.73. The van der Waals surface area contributed by atoms with Gasteiger partial charge in [0.05, 0.1) is 6.54 Å². The molecule has 0 unspecified atom stereocenters. The number of nitrogens with zero attached hydrogens (tertiary/aromatic N) is 4. The van der Waals surface area contributed by atoms with E-state index in [0.29, 0.717) is 24.2 Å². The molecule has 1 amide bonds. The molecular weight excluding hydrogens is 288 g/mol. The number of aliphatic carboxylic acids is 1. The Labute approximate surface area is 127 Å². The first-order valence-electron chi connectivity index (χ1n) is 6.89. The van der Waals surface area contributed by atoms with Gasteiger partial charge in [0.25, 0.3) is 0 Å². The third-order valence-electron chi connectivity index (χ3n) is 3.18. The Morgan fingerprint density at radius 3 is 2.68 bits per heavy atom. The SMILES string of the molecule is CC(C)(C)OC(=O)N1CCc2c(c(C#N)nn2CC(=O)O)C1. The van der Waals surface area contributed by atoms with E-state index in [1.54, 1.807) is 20.8 Å². The first kappa shape index (κ1) is 15.8. The molecule has 0 saturated heterocycles. The zero-order valence-electron chi connectivity index (χ0n) is 12.8. The normalized spacial score (nSPS) is 14.2. The van der Waals surface area contributed by atoms with Crippen LogP contribution in [0.3, 0.4) is 0 Å². The van der Waals surface area contributed by atoms with Gasteiger partial charge in [-0.15, -0.1) is 0 Å². The number of carbonyl (C=O) groups excluding carboxylic acids is 1. The van der Waals surface area contributed by atoms with Crippen molar-refractivity contribution in [2.75, 3.05) is 6.54 Å². The molecule has 0 bridgehead atoms. The molecule has 118 valence electrons. The number of aromatic nitrogens is 2. The van der Waals surface area contributed by atoms with Crippen molar-refractivity contribution in [2.24, 2.45) is 0 Å². The number of carboxylic acids is 1. The van der Waals surface area contributed by atoms with E-state index in [9.17, 15) is 9.59 Å². The molecule has 8 heteroatoms. The number of fused-ring (bicyclic) bond motifs is 1. The zero-order chi connectivity index (χ0) is 16.5. The predicted molar refractivity (Wildman–Crippen MR) is 74.9 cm³/mol. The minimum absolute atomic E-state index is 0.157. The van der Waals surface area contributed by atoms with E-state index in [0.717, 1.165) is 0 Å². The van der Waals surface area contributed by atoms with E-state index >= 15 is 0 Å². The molecule has 8 nitrogen and oxygen atoms in total. The second kappa shape index (κ2) is 5.67. The van der Waals surface area contributed by atoms with Crippen LogP contribution < -0.4 is 0 Å². The van der Waals surface area contributed by atoms with Crippen LogP contribution >= 0.6 is 0 Å². The zero-order valence-corrected chi connectivity index (χ0v) is 12.8.